The molecule has 0 bridgehead atoms. The molecule has 0 aromatic carbocycles. The molecule has 1 saturated heterocycles. The molecule has 1 rings (SSSR count). The first-order valence-corrected chi connectivity index (χ1v) is 6.65. The SMILES string of the molecule is CN(C(C)(C)CO)S(=O)(=O)N1CCOCC1. The van der Waals surface area contributed by atoms with Crippen molar-refractivity contribution < 1.29 is 18.3 Å². The van der Waals surface area contributed by atoms with Gasteiger partial charge in [-0.1, -0.05) is 0 Å². The second-order valence-corrected chi connectivity index (χ2v) is 6.42. The fraction of sp³-hybridized carbons (Fsp3) is 1.00. The van der Waals surface area contributed by atoms with E-state index >= 15 is 0 Å². The highest BCUT2D eigenvalue weighted by Gasteiger charge is 2.37. The molecule has 16 heavy (non-hydrogen) atoms. The summed E-state index contributed by atoms with van der Waals surface area (Å²) in [6.07, 6.45) is 0. The largest absolute Gasteiger partial charge is 0.394 e. The molecule has 1 aliphatic heterocycles. The van der Waals surface area contributed by atoms with Crippen molar-refractivity contribution in [3.63, 3.8) is 0 Å². The number of likely N-dealkylation sites (N-methyl/N-ethyl adjacent to an activating group) is 1. The van der Waals surface area contributed by atoms with Crippen molar-refractivity contribution in [2.75, 3.05) is 40.0 Å². The Morgan fingerprint density at radius 2 is 1.88 bits per heavy atom. The third-order valence-electron chi connectivity index (χ3n) is 2.88. The molecule has 0 atom stereocenters. The van der Waals surface area contributed by atoms with Gasteiger partial charge in [-0.3, -0.25) is 0 Å². The highest BCUT2D eigenvalue weighted by Crippen LogP contribution is 2.19. The Morgan fingerprint density at radius 3 is 2.31 bits per heavy atom. The maximum Gasteiger partial charge on any atom is 0.282 e. The lowest BCUT2D eigenvalue weighted by Gasteiger charge is -2.37. The summed E-state index contributed by atoms with van der Waals surface area (Å²) < 4.78 is 32.1. The quantitative estimate of drug-likeness (QED) is 0.716. The minimum Gasteiger partial charge on any atom is -0.394 e. The van der Waals surface area contributed by atoms with E-state index in [1.807, 2.05) is 0 Å². The van der Waals surface area contributed by atoms with Crippen molar-refractivity contribution in [2.24, 2.45) is 0 Å². The van der Waals surface area contributed by atoms with Gasteiger partial charge in [-0.15, -0.1) is 0 Å². The van der Waals surface area contributed by atoms with E-state index in [4.69, 9.17) is 4.74 Å². The zero-order chi connectivity index (χ0) is 12.4. The number of aliphatic hydroxyl groups is 1. The predicted octanol–water partition coefficient (Wildman–Crippen LogP) is -0.734. The normalized spacial score (nSPS) is 20.3. The summed E-state index contributed by atoms with van der Waals surface area (Å²) in [6.45, 7) is 4.74. The molecule has 96 valence electrons. The first-order chi connectivity index (χ1) is 7.32. The first kappa shape index (κ1) is 13.9. The molecule has 0 spiro atoms. The highest BCUT2D eigenvalue weighted by atomic mass is 32.2. The van der Waals surface area contributed by atoms with Gasteiger partial charge >= 0.3 is 0 Å². The molecule has 0 unspecified atom stereocenters. The molecule has 0 aliphatic carbocycles. The second kappa shape index (κ2) is 4.97. The molecule has 0 saturated carbocycles. The molecule has 0 aromatic heterocycles. The molecular weight excluding hydrogens is 232 g/mol. The highest BCUT2D eigenvalue weighted by molar-refractivity contribution is 7.86. The Labute approximate surface area is 97.0 Å². The standard InChI is InChI=1S/C9H20N2O4S/c1-9(2,8-12)10(3)16(13,14)11-4-6-15-7-5-11/h12H,4-8H2,1-3H3. The van der Waals surface area contributed by atoms with E-state index in [1.54, 1.807) is 13.8 Å². The van der Waals surface area contributed by atoms with Gasteiger partial charge in [-0.25, -0.2) is 0 Å². The summed E-state index contributed by atoms with van der Waals surface area (Å²) in [5, 5.41) is 9.18. The average molecular weight is 252 g/mol. The molecular formula is C9H20N2O4S. The Balaban J connectivity index is 2.84. The molecule has 1 fully saturated rings. The van der Waals surface area contributed by atoms with Crippen LogP contribution in [0.4, 0.5) is 0 Å². The number of rotatable bonds is 4. The van der Waals surface area contributed by atoms with Crippen LogP contribution in [-0.2, 0) is 14.9 Å². The fourth-order valence-electron chi connectivity index (χ4n) is 1.36. The van der Waals surface area contributed by atoms with Crippen LogP contribution in [0.2, 0.25) is 0 Å². The van der Waals surface area contributed by atoms with Gasteiger partial charge in [0.15, 0.2) is 0 Å². The van der Waals surface area contributed by atoms with Crippen molar-refractivity contribution >= 4 is 10.2 Å². The monoisotopic (exact) mass is 252 g/mol. The Kier molecular flexibility index (Phi) is 4.30. The van der Waals surface area contributed by atoms with Crippen LogP contribution in [0.5, 0.6) is 0 Å². The lowest BCUT2D eigenvalue weighted by atomic mass is 10.1. The van der Waals surface area contributed by atoms with Gasteiger partial charge in [0.05, 0.1) is 25.4 Å². The number of ether oxygens (including phenoxy) is 1. The molecule has 1 heterocycles. The third-order valence-corrected chi connectivity index (χ3v) is 5.09. The van der Waals surface area contributed by atoms with Crippen LogP contribution in [0.25, 0.3) is 0 Å². The van der Waals surface area contributed by atoms with E-state index in [-0.39, 0.29) is 6.61 Å². The molecule has 7 heteroatoms. The van der Waals surface area contributed by atoms with Crippen molar-refractivity contribution in [1.82, 2.24) is 8.61 Å². The van der Waals surface area contributed by atoms with Crippen LogP contribution in [0.3, 0.4) is 0 Å². The molecule has 0 aromatic rings. The summed E-state index contributed by atoms with van der Waals surface area (Å²) >= 11 is 0. The van der Waals surface area contributed by atoms with Gasteiger partial charge in [0.1, 0.15) is 0 Å². The Morgan fingerprint density at radius 1 is 1.38 bits per heavy atom. The van der Waals surface area contributed by atoms with E-state index in [9.17, 15) is 13.5 Å². The predicted molar refractivity (Wildman–Crippen MR) is 60.2 cm³/mol. The van der Waals surface area contributed by atoms with Crippen molar-refractivity contribution in [3.8, 4) is 0 Å². The smallest absolute Gasteiger partial charge is 0.282 e. The van der Waals surface area contributed by atoms with Crippen molar-refractivity contribution in [2.45, 2.75) is 19.4 Å². The summed E-state index contributed by atoms with van der Waals surface area (Å²) in [5.74, 6) is 0. The van der Waals surface area contributed by atoms with Gasteiger partial charge in [0, 0.05) is 20.1 Å². The fourth-order valence-corrected chi connectivity index (χ4v) is 3.00. The zero-order valence-corrected chi connectivity index (χ0v) is 10.8. The third kappa shape index (κ3) is 2.72. The molecule has 6 nitrogen and oxygen atoms in total. The van der Waals surface area contributed by atoms with Crippen LogP contribution in [-0.4, -0.2) is 67.6 Å². The minimum atomic E-state index is -3.51. The van der Waals surface area contributed by atoms with E-state index in [2.05, 4.69) is 0 Å². The lowest BCUT2D eigenvalue weighted by Crippen LogP contribution is -2.55. The number of aliphatic hydroxyl groups excluding tert-OH is 1. The number of hydrogen-bond acceptors (Lipinski definition) is 4. The zero-order valence-electron chi connectivity index (χ0n) is 10.0. The maximum absolute atomic E-state index is 12.2. The van der Waals surface area contributed by atoms with Gasteiger partial charge in [0.25, 0.3) is 10.2 Å². The Bertz CT molecular complexity index is 322. The van der Waals surface area contributed by atoms with E-state index < -0.39 is 15.7 Å². The van der Waals surface area contributed by atoms with E-state index in [0.717, 1.165) is 0 Å². The number of nitrogens with zero attached hydrogens (tertiary/aromatic N) is 2. The summed E-state index contributed by atoms with van der Waals surface area (Å²) in [7, 11) is -2.02. The maximum atomic E-state index is 12.2. The van der Waals surface area contributed by atoms with Gasteiger partial charge in [0.2, 0.25) is 0 Å². The van der Waals surface area contributed by atoms with Gasteiger partial charge in [-0.05, 0) is 13.8 Å². The van der Waals surface area contributed by atoms with Gasteiger partial charge < -0.3 is 9.84 Å². The number of morpholine rings is 1. The summed E-state index contributed by atoms with van der Waals surface area (Å²) in [6, 6.07) is 0. The lowest BCUT2D eigenvalue weighted by molar-refractivity contribution is 0.0653. The molecule has 0 radical (unpaired) electrons. The van der Waals surface area contributed by atoms with E-state index in [1.165, 1.54) is 15.7 Å². The first-order valence-electron chi connectivity index (χ1n) is 5.25. The van der Waals surface area contributed by atoms with Crippen LogP contribution in [0, 0.1) is 0 Å². The minimum absolute atomic E-state index is 0.215. The summed E-state index contributed by atoms with van der Waals surface area (Å²) in [5.41, 5.74) is -0.795. The topological polar surface area (TPSA) is 70.1 Å². The molecule has 0 amide bonds. The average Bonchev–Trinajstić information content (AvgIpc) is 2.29. The van der Waals surface area contributed by atoms with Crippen LogP contribution in [0.15, 0.2) is 0 Å². The second-order valence-electron chi connectivity index (χ2n) is 4.46. The van der Waals surface area contributed by atoms with Gasteiger partial charge in [-0.2, -0.15) is 17.0 Å². The van der Waals surface area contributed by atoms with Crippen LogP contribution < -0.4 is 0 Å². The van der Waals surface area contributed by atoms with Crippen LogP contribution in [0.1, 0.15) is 13.8 Å². The van der Waals surface area contributed by atoms with Crippen LogP contribution >= 0.6 is 0 Å². The molecule has 1 N–H and O–H groups in total. The number of hydrogen-bond donors (Lipinski definition) is 1. The van der Waals surface area contributed by atoms with E-state index in [0.29, 0.717) is 26.3 Å². The summed E-state index contributed by atoms with van der Waals surface area (Å²) in [4.78, 5) is 0. The van der Waals surface area contributed by atoms with Crippen molar-refractivity contribution in [3.05, 3.63) is 0 Å². The Hall–Kier alpha value is -0.210. The van der Waals surface area contributed by atoms with Crippen molar-refractivity contribution in [1.29, 1.82) is 0 Å². The molecule has 1 aliphatic rings.